The summed E-state index contributed by atoms with van der Waals surface area (Å²) in [6, 6.07) is 20.1. The molecule has 3 aromatic rings. The maximum atomic E-state index is 14.0. The summed E-state index contributed by atoms with van der Waals surface area (Å²) in [5, 5.41) is 14.7. The number of carbonyl (C=O) groups excluding carboxylic acids is 3. The number of nitrogens with one attached hydrogen (secondary N) is 1. The number of rotatable bonds is 10. The lowest BCUT2D eigenvalue weighted by atomic mass is 9.76. The summed E-state index contributed by atoms with van der Waals surface area (Å²) in [7, 11) is 0. The molecule has 0 saturated heterocycles. The lowest BCUT2D eigenvalue weighted by molar-refractivity contribution is -0.305. The summed E-state index contributed by atoms with van der Waals surface area (Å²) >= 11 is 0. The number of amides is 1. The Kier molecular flexibility index (Phi) is 9.00. The number of nitrogens with zero attached hydrogens (tertiary/aromatic N) is 1. The minimum Gasteiger partial charge on any atom is -0.550 e. The number of fused-ring (bicyclic) bond motifs is 2. The lowest BCUT2D eigenvalue weighted by Gasteiger charge is -2.37. The van der Waals surface area contributed by atoms with E-state index in [9.17, 15) is 23.9 Å². The van der Waals surface area contributed by atoms with E-state index in [-0.39, 0.29) is 30.4 Å². The van der Waals surface area contributed by atoms with Gasteiger partial charge in [-0.15, -0.1) is 0 Å². The molecule has 0 radical (unpaired) electrons. The molecule has 1 N–H and O–H groups in total. The van der Waals surface area contributed by atoms with Gasteiger partial charge < -0.3 is 24.9 Å². The molecule has 0 aromatic heterocycles. The highest BCUT2D eigenvalue weighted by Crippen LogP contribution is 2.48. The Labute approximate surface area is 245 Å². The van der Waals surface area contributed by atoms with Gasteiger partial charge in [-0.2, -0.15) is 0 Å². The van der Waals surface area contributed by atoms with Gasteiger partial charge >= 0.3 is 0 Å². The summed E-state index contributed by atoms with van der Waals surface area (Å²) in [6.07, 6.45) is 4.57. The van der Waals surface area contributed by atoms with Crippen LogP contribution in [0.25, 0.3) is 0 Å². The molecule has 0 spiro atoms. The number of unbranched alkanes of at least 4 members (excludes halogenated alkanes) is 2. The van der Waals surface area contributed by atoms with E-state index >= 15 is 0 Å². The predicted molar refractivity (Wildman–Crippen MR) is 156 cm³/mol. The molecule has 2 aliphatic rings. The second kappa shape index (κ2) is 13.0. The molecule has 1 amide bonds. The fourth-order valence-corrected chi connectivity index (χ4v) is 5.79. The number of carbonyl (C=O) groups is 3. The number of para-hydroxylation sites is 2. The number of Topliss-reactive ketones (excluding diaryl/α,β-unsaturated/α-hetero) is 1. The van der Waals surface area contributed by atoms with Crippen LogP contribution in [0.15, 0.2) is 84.6 Å². The van der Waals surface area contributed by atoms with Gasteiger partial charge in [0.05, 0.1) is 29.9 Å². The van der Waals surface area contributed by atoms with Crippen molar-refractivity contribution in [1.29, 1.82) is 0 Å². The Morgan fingerprint density at radius 3 is 2.40 bits per heavy atom. The highest BCUT2D eigenvalue weighted by Gasteiger charge is 2.44. The van der Waals surface area contributed by atoms with Crippen molar-refractivity contribution in [2.24, 2.45) is 5.92 Å². The zero-order valence-electron chi connectivity index (χ0n) is 23.6. The molecule has 7 nitrogen and oxygen atoms in total. The molecule has 1 aliphatic heterocycles. The van der Waals surface area contributed by atoms with Crippen molar-refractivity contribution < 1.29 is 28.6 Å². The Morgan fingerprint density at radius 1 is 0.976 bits per heavy atom. The fraction of sp³-hybridized carbons (Fsp3) is 0.324. The number of anilines is 2. The molecule has 0 fully saturated rings. The number of carboxylic acids is 1. The normalized spacial score (nSPS) is 19.6. The second-order valence-corrected chi connectivity index (χ2v) is 10.8. The van der Waals surface area contributed by atoms with Crippen molar-refractivity contribution in [3.63, 3.8) is 0 Å². The van der Waals surface area contributed by atoms with Crippen molar-refractivity contribution in [3.05, 3.63) is 102 Å². The first kappa shape index (κ1) is 29.0. The molecule has 42 heavy (non-hydrogen) atoms. The van der Waals surface area contributed by atoms with Crippen LogP contribution in [-0.2, 0) is 14.4 Å². The summed E-state index contributed by atoms with van der Waals surface area (Å²) in [5.41, 5.74) is 3.36. The van der Waals surface area contributed by atoms with Gasteiger partial charge in [-0.3, -0.25) is 9.59 Å². The van der Waals surface area contributed by atoms with Crippen LogP contribution in [0.2, 0.25) is 0 Å². The van der Waals surface area contributed by atoms with E-state index in [1.165, 1.54) is 12.1 Å². The minimum atomic E-state index is -1.32. The summed E-state index contributed by atoms with van der Waals surface area (Å²) < 4.78 is 19.5. The number of ketones is 1. The summed E-state index contributed by atoms with van der Waals surface area (Å²) in [6.45, 7) is 2.73. The minimum absolute atomic E-state index is 0.0790. The van der Waals surface area contributed by atoms with Gasteiger partial charge in [-0.1, -0.05) is 62.2 Å². The number of halogens is 1. The molecule has 218 valence electrons. The smallest absolute Gasteiger partial charge is 0.228 e. The number of ether oxygens (including phenoxy) is 1. The first-order valence-electron chi connectivity index (χ1n) is 14.5. The van der Waals surface area contributed by atoms with Crippen LogP contribution in [0.5, 0.6) is 5.75 Å². The zero-order chi connectivity index (χ0) is 29.6. The standard InChI is InChI=1S/C34H35FN2O5/c1-2-3-6-19-42-26-15-11-23(12-16-26)34-33-28(20-24(21-30(33)38)22-9-13-25(35)14-10-22)36-27-7-4-5-8-29(27)37(34)31(39)17-18-32(40)41/h4-5,7-16,20,24,33-34,36H,2-3,6,17-19,21H2,1H3,(H,40,41)/p-1/t24-,33+,34-/m1/s1. The van der Waals surface area contributed by atoms with Crippen LogP contribution in [-0.4, -0.2) is 24.3 Å². The van der Waals surface area contributed by atoms with Gasteiger partial charge in [-0.05, 0) is 60.4 Å². The highest BCUT2D eigenvalue weighted by atomic mass is 19.1. The van der Waals surface area contributed by atoms with E-state index in [1.807, 2.05) is 42.5 Å². The van der Waals surface area contributed by atoms with Gasteiger partial charge in [0.15, 0.2) is 0 Å². The van der Waals surface area contributed by atoms with Crippen LogP contribution in [0.3, 0.4) is 0 Å². The van der Waals surface area contributed by atoms with Crippen LogP contribution >= 0.6 is 0 Å². The number of benzene rings is 3. The van der Waals surface area contributed by atoms with Crippen LogP contribution < -0.4 is 20.1 Å². The number of hydrogen-bond donors (Lipinski definition) is 1. The lowest BCUT2D eigenvalue weighted by Crippen LogP contribution is -2.43. The van der Waals surface area contributed by atoms with E-state index in [0.717, 1.165) is 30.4 Å². The molecule has 0 bridgehead atoms. The molecular weight excluding hydrogens is 535 g/mol. The first-order chi connectivity index (χ1) is 20.4. The van der Waals surface area contributed by atoms with Gasteiger partial charge in [0.2, 0.25) is 5.91 Å². The van der Waals surface area contributed by atoms with Crippen molar-refractivity contribution >= 4 is 29.0 Å². The summed E-state index contributed by atoms with van der Waals surface area (Å²) in [5.74, 6) is -2.49. The Bertz CT molecular complexity index is 1470. The van der Waals surface area contributed by atoms with Gasteiger partial charge in [0, 0.05) is 30.4 Å². The molecular formula is C34H34FN2O5-. The van der Waals surface area contributed by atoms with Crippen LogP contribution in [0.4, 0.5) is 15.8 Å². The molecule has 1 heterocycles. The van der Waals surface area contributed by atoms with E-state index in [0.29, 0.717) is 29.4 Å². The molecule has 3 aromatic carbocycles. The van der Waals surface area contributed by atoms with Crippen molar-refractivity contribution in [2.75, 3.05) is 16.8 Å². The molecule has 3 atom stereocenters. The Balaban J connectivity index is 1.59. The average Bonchev–Trinajstić information content (AvgIpc) is 3.13. The maximum Gasteiger partial charge on any atom is 0.228 e. The average molecular weight is 570 g/mol. The van der Waals surface area contributed by atoms with Crippen LogP contribution in [0, 0.1) is 11.7 Å². The van der Waals surface area contributed by atoms with E-state index in [4.69, 9.17) is 4.74 Å². The molecule has 8 heteroatoms. The second-order valence-electron chi connectivity index (χ2n) is 10.8. The van der Waals surface area contributed by atoms with Gasteiger partial charge in [0.25, 0.3) is 0 Å². The van der Waals surface area contributed by atoms with E-state index in [2.05, 4.69) is 12.2 Å². The van der Waals surface area contributed by atoms with Gasteiger partial charge in [0.1, 0.15) is 17.3 Å². The largest absolute Gasteiger partial charge is 0.550 e. The SMILES string of the molecule is CCCCCOc1ccc([C@@H]2[C@@H]3C(=O)C[C@H](c4ccc(F)cc4)C=C3Nc3ccccc3N2C(=O)CCC(=O)[O-])cc1. The summed E-state index contributed by atoms with van der Waals surface area (Å²) in [4.78, 5) is 40.7. The third kappa shape index (κ3) is 6.38. The third-order valence-electron chi connectivity index (χ3n) is 7.87. The van der Waals surface area contributed by atoms with E-state index in [1.54, 1.807) is 29.2 Å². The Morgan fingerprint density at radius 2 is 1.69 bits per heavy atom. The first-order valence-corrected chi connectivity index (χ1v) is 14.5. The zero-order valence-corrected chi connectivity index (χ0v) is 23.6. The molecule has 1 aliphatic carbocycles. The quantitative estimate of drug-likeness (QED) is 0.316. The maximum absolute atomic E-state index is 14.0. The molecule has 0 unspecified atom stereocenters. The van der Waals surface area contributed by atoms with Gasteiger partial charge in [-0.25, -0.2) is 4.39 Å². The van der Waals surface area contributed by atoms with E-state index < -0.39 is 30.3 Å². The number of allylic oxidation sites excluding steroid dienone is 1. The monoisotopic (exact) mass is 569 g/mol. The topological polar surface area (TPSA) is 98.8 Å². The third-order valence-corrected chi connectivity index (χ3v) is 7.87. The van der Waals surface area contributed by atoms with Crippen molar-refractivity contribution in [3.8, 4) is 5.75 Å². The molecule has 0 saturated carbocycles. The van der Waals surface area contributed by atoms with Crippen LogP contribution in [0.1, 0.15) is 68.5 Å². The number of aliphatic carboxylic acids is 1. The predicted octanol–water partition coefficient (Wildman–Crippen LogP) is 5.68. The molecule has 5 rings (SSSR count). The highest BCUT2D eigenvalue weighted by molar-refractivity contribution is 6.02. The Hall–Kier alpha value is -4.46. The van der Waals surface area contributed by atoms with Crippen molar-refractivity contribution in [1.82, 2.24) is 0 Å². The number of carboxylic acid groups (broad SMARTS) is 1. The number of hydrogen-bond acceptors (Lipinski definition) is 6. The van der Waals surface area contributed by atoms with Crippen molar-refractivity contribution in [2.45, 2.75) is 57.4 Å². The fourth-order valence-electron chi connectivity index (χ4n) is 5.79.